The van der Waals surface area contributed by atoms with Crippen molar-refractivity contribution in [3.63, 3.8) is 0 Å². The van der Waals surface area contributed by atoms with Crippen LogP contribution in [0.15, 0.2) is 66.1 Å². The largest absolute Gasteiger partial charge is 0.416 e. The fraction of sp³-hybridized carbons (Fsp3) is 0.111. The van der Waals surface area contributed by atoms with Crippen LogP contribution >= 0.6 is 0 Å². The number of nitrogens with zero attached hydrogens (tertiary/aromatic N) is 2. The van der Waals surface area contributed by atoms with Crippen LogP contribution in [0.1, 0.15) is 15.9 Å². The number of anilines is 2. The standard InChI is InChI=1S/C18H15F3N4O3S/c1-25-10-16(22-11-25)29(27,28)24-15-7-2-4-12(8-15)17(26)23-14-6-3-5-13(9-14)18(19,20)21/h2-11,24H,1H3,(H,23,26). The number of carbonyl (C=O) groups excluding carboxylic acids is 1. The first kappa shape index (κ1) is 20.4. The molecular formula is C18H15F3N4O3S. The van der Waals surface area contributed by atoms with Crippen LogP contribution in [-0.2, 0) is 23.2 Å². The number of carbonyl (C=O) groups is 1. The fourth-order valence-corrected chi connectivity index (χ4v) is 3.47. The summed E-state index contributed by atoms with van der Waals surface area (Å²) in [6.45, 7) is 0. The number of rotatable bonds is 5. The van der Waals surface area contributed by atoms with Gasteiger partial charge in [-0.1, -0.05) is 12.1 Å². The van der Waals surface area contributed by atoms with Crippen molar-refractivity contribution in [2.45, 2.75) is 11.2 Å². The molecule has 1 aromatic heterocycles. The smallest absolute Gasteiger partial charge is 0.339 e. The maximum atomic E-state index is 12.8. The molecule has 1 amide bonds. The Morgan fingerprint density at radius 3 is 2.41 bits per heavy atom. The SMILES string of the molecule is Cn1cnc(S(=O)(=O)Nc2cccc(C(=O)Nc3cccc(C(F)(F)F)c3)c2)c1. The average molecular weight is 424 g/mol. The van der Waals surface area contributed by atoms with Gasteiger partial charge in [0.25, 0.3) is 15.9 Å². The molecule has 11 heteroatoms. The van der Waals surface area contributed by atoms with E-state index < -0.39 is 27.7 Å². The van der Waals surface area contributed by atoms with Gasteiger partial charge in [0.15, 0.2) is 5.03 Å². The Hall–Kier alpha value is -3.34. The highest BCUT2D eigenvalue weighted by molar-refractivity contribution is 7.92. The number of amides is 1. The Bertz CT molecular complexity index is 1160. The zero-order valence-electron chi connectivity index (χ0n) is 14.9. The van der Waals surface area contributed by atoms with Gasteiger partial charge < -0.3 is 9.88 Å². The summed E-state index contributed by atoms with van der Waals surface area (Å²) in [6, 6.07) is 9.74. The first-order chi connectivity index (χ1) is 13.5. The van der Waals surface area contributed by atoms with E-state index in [4.69, 9.17) is 0 Å². The van der Waals surface area contributed by atoms with Crippen LogP contribution < -0.4 is 10.0 Å². The van der Waals surface area contributed by atoms with Crippen molar-refractivity contribution in [2.75, 3.05) is 10.0 Å². The molecule has 2 aromatic carbocycles. The molecule has 0 bridgehead atoms. The van der Waals surface area contributed by atoms with Crippen LogP contribution in [0.25, 0.3) is 0 Å². The monoisotopic (exact) mass is 424 g/mol. The van der Waals surface area contributed by atoms with Crippen molar-refractivity contribution in [1.82, 2.24) is 9.55 Å². The third-order valence-electron chi connectivity index (χ3n) is 3.78. The average Bonchev–Trinajstić information content (AvgIpc) is 3.08. The van der Waals surface area contributed by atoms with Crippen molar-refractivity contribution in [3.8, 4) is 0 Å². The topological polar surface area (TPSA) is 93.1 Å². The number of halogens is 3. The molecule has 0 unspecified atom stereocenters. The fourth-order valence-electron chi connectivity index (χ4n) is 2.44. The predicted molar refractivity (Wildman–Crippen MR) is 99.9 cm³/mol. The maximum absolute atomic E-state index is 12.8. The highest BCUT2D eigenvalue weighted by Crippen LogP contribution is 2.30. The molecule has 1 heterocycles. The van der Waals surface area contributed by atoms with Crippen molar-refractivity contribution in [2.24, 2.45) is 7.05 Å². The van der Waals surface area contributed by atoms with Gasteiger partial charge in [-0.25, -0.2) is 4.98 Å². The summed E-state index contributed by atoms with van der Waals surface area (Å²) in [5.74, 6) is -0.691. The number of imidazole rings is 1. The molecule has 0 saturated heterocycles. The lowest BCUT2D eigenvalue weighted by atomic mass is 10.1. The molecule has 3 aromatic rings. The number of aryl methyl sites for hydroxylation is 1. The Morgan fingerprint density at radius 2 is 1.76 bits per heavy atom. The zero-order chi connectivity index (χ0) is 21.2. The minimum absolute atomic E-state index is 0.0377. The number of hydrogen-bond acceptors (Lipinski definition) is 4. The Labute approximate surface area is 164 Å². The second-order valence-corrected chi connectivity index (χ2v) is 7.73. The first-order valence-electron chi connectivity index (χ1n) is 8.14. The molecule has 2 N–H and O–H groups in total. The van der Waals surface area contributed by atoms with Crippen molar-refractivity contribution in [1.29, 1.82) is 0 Å². The van der Waals surface area contributed by atoms with E-state index in [1.165, 1.54) is 53.5 Å². The van der Waals surface area contributed by atoms with Crippen LogP contribution in [0.2, 0.25) is 0 Å². The summed E-state index contributed by atoms with van der Waals surface area (Å²) >= 11 is 0. The molecule has 0 aliphatic heterocycles. The van der Waals surface area contributed by atoms with E-state index in [2.05, 4.69) is 15.0 Å². The van der Waals surface area contributed by atoms with Crippen molar-refractivity contribution >= 4 is 27.3 Å². The van der Waals surface area contributed by atoms with Gasteiger partial charge in [0.1, 0.15) is 0 Å². The van der Waals surface area contributed by atoms with E-state index in [9.17, 15) is 26.4 Å². The van der Waals surface area contributed by atoms with Crippen LogP contribution in [0.5, 0.6) is 0 Å². The van der Waals surface area contributed by atoms with E-state index in [0.29, 0.717) is 0 Å². The highest BCUT2D eigenvalue weighted by Gasteiger charge is 2.30. The van der Waals surface area contributed by atoms with Gasteiger partial charge in [0, 0.05) is 30.2 Å². The molecule has 0 aliphatic carbocycles. The molecule has 0 spiro atoms. The summed E-state index contributed by atoms with van der Waals surface area (Å²) in [5, 5.41) is 2.17. The molecule has 0 saturated carbocycles. The highest BCUT2D eigenvalue weighted by atomic mass is 32.2. The normalized spacial score (nSPS) is 11.9. The molecule has 0 atom stereocenters. The second-order valence-electron chi connectivity index (χ2n) is 6.10. The quantitative estimate of drug-likeness (QED) is 0.656. The third-order valence-corrected chi connectivity index (χ3v) is 5.05. The summed E-state index contributed by atoms with van der Waals surface area (Å²) in [7, 11) is -2.34. The lowest BCUT2D eigenvalue weighted by Gasteiger charge is -2.11. The Kier molecular flexibility index (Phi) is 5.33. The molecule has 7 nitrogen and oxygen atoms in total. The molecular weight excluding hydrogens is 409 g/mol. The van der Waals surface area contributed by atoms with Crippen molar-refractivity contribution < 1.29 is 26.4 Å². The van der Waals surface area contributed by atoms with Gasteiger partial charge in [0.05, 0.1) is 11.9 Å². The molecule has 0 fully saturated rings. The van der Waals surface area contributed by atoms with Gasteiger partial charge >= 0.3 is 6.18 Å². The summed E-state index contributed by atoms with van der Waals surface area (Å²) in [5.41, 5.74) is -0.771. The van der Waals surface area contributed by atoms with E-state index in [1.54, 1.807) is 7.05 Å². The number of hydrogen-bond donors (Lipinski definition) is 2. The molecule has 29 heavy (non-hydrogen) atoms. The number of aromatic nitrogens is 2. The summed E-state index contributed by atoms with van der Waals surface area (Å²) < 4.78 is 66.8. The van der Waals surface area contributed by atoms with E-state index in [-0.39, 0.29) is 22.0 Å². The molecule has 0 aliphatic rings. The Morgan fingerprint density at radius 1 is 1.07 bits per heavy atom. The lowest BCUT2D eigenvalue weighted by molar-refractivity contribution is -0.137. The van der Waals surface area contributed by atoms with Crippen molar-refractivity contribution in [3.05, 3.63) is 72.2 Å². The number of nitrogens with one attached hydrogen (secondary N) is 2. The van der Waals surface area contributed by atoms with Gasteiger partial charge in [-0.3, -0.25) is 9.52 Å². The van der Waals surface area contributed by atoms with Crippen LogP contribution in [0.3, 0.4) is 0 Å². The molecule has 0 radical (unpaired) electrons. The van der Waals surface area contributed by atoms with Gasteiger partial charge in [-0.2, -0.15) is 21.6 Å². The van der Waals surface area contributed by atoms with Crippen LogP contribution in [0, 0.1) is 0 Å². The van der Waals surface area contributed by atoms with Crippen LogP contribution in [-0.4, -0.2) is 23.9 Å². The first-order valence-corrected chi connectivity index (χ1v) is 9.62. The number of alkyl halides is 3. The van der Waals surface area contributed by atoms with Gasteiger partial charge in [0.2, 0.25) is 0 Å². The number of benzene rings is 2. The molecule has 152 valence electrons. The van der Waals surface area contributed by atoms with E-state index >= 15 is 0 Å². The Balaban J connectivity index is 1.78. The van der Waals surface area contributed by atoms with Gasteiger partial charge in [-0.05, 0) is 36.4 Å². The lowest BCUT2D eigenvalue weighted by Crippen LogP contribution is -2.16. The zero-order valence-corrected chi connectivity index (χ0v) is 15.8. The molecule has 3 rings (SSSR count). The van der Waals surface area contributed by atoms with E-state index in [0.717, 1.165) is 12.1 Å². The summed E-state index contributed by atoms with van der Waals surface area (Å²) in [4.78, 5) is 16.1. The van der Waals surface area contributed by atoms with E-state index in [1.807, 2.05) is 0 Å². The second kappa shape index (κ2) is 7.59. The minimum Gasteiger partial charge on any atom is -0.339 e. The van der Waals surface area contributed by atoms with Crippen LogP contribution in [0.4, 0.5) is 24.5 Å². The summed E-state index contributed by atoms with van der Waals surface area (Å²) in [6.07, 6.45) is -1.90. The van der Waals surface area contributed by atoms with Gasteiger partial charge in [-0.15, -0.1) is 0 Å². The third kappa shape index (κ3) is 4.93. The predicted octanol–water partition coefficient (Wildman–Crippen LogP) is 3.49. The maximum Gasteiger partial charge on any atom is 0.416 e. The number of sulfonamides is 1. The minimum atomic E-state index is -4.54.